The Morgan fingerprint density at radius 1 is 1.08 bits per heavy atom. The minimum Gasteiger partial charge on any atom is -0.380 e. The largest absolute Gasteiger partial charge is 0.380 e. The minimum absolute atomic E-state index is 0.177. The third-order valence-electron chi connectivity index (χ3n) is 6.64. The average molecular weight is 499 g/mol. The number of para-hydroxylation sites is 1. The van der Waals surface area contributed by atoms with E-state index in [1.165, 1.54) is 24.2 Å². The molecule has 36 heavy (non-hydrogen) atoms. The summed E-state index contributed by atoms with van der Waals surface area (Å²) in [4.78, 5) is 38.9. The van der Waals surface area contributed by atoms with E-state index in [9.17, 15) is 9.59 Å². The fraction of sp³-hybridized carbons (Fsp3) is 0.259. The molecule has 1 aromatic carbocycles. The molecule has 1 saturated heterocycles. The van der Waals surface area contributed by atoms with E-state index in [2.05, 4.69) is 25.5 Å². The van der Waals surface area contributed by atoms with Gasteiger partial charge in [0.05, 0.1) is 27.5 Å². The van der Waals surface area contributed by atoms with Crippen molar-refractivity contribution in [2.24, 2.45) is 0 Å². The number of carbonyl (C=O) groups is 1. The van der Waals surface area contributed by atoms with Gasteiger partial charge in [-0.1, -0.05) is 18.2 Å². The van der Waals surface area contributed by atoms with Gasteiger partial charge in [0.15, 0.2) is 0 Å². The number of benzene rings is 1. The fourth-order valence-electron chi connectivity index (χ4n) is 4.82. The highest BCUT2D eigenvalue weighted by atomic mass is 32.1. The molecule has 2 N–H and O–H groups in total. The number of amides is 1. The van der Waals surface area contributed by atoms with Crippen LogP contribution in [0.5, 0.6) is 0 Å². The number of fused-ring (bicyclic) bond motifs is 5. The molecule has 0 radical (unpaired) electrons. The number of aromatic nitrogens is 3. The molecule has 0 saturated carbocycles. The number of thiazole rings is 1. The van der Waals surface area contributed by atoms with E-state index in [-0.39, 0.29) is 16.9 Å². The molecular formula is C27H26N6O2S. The van der Waals surface area contributed by atoms with E-state index in [0.717, 1.165) is 35.4 Å². The van der Waals surface area contributed by atoms with E-state index in [1.54, 1.807) is 24.7 Å². The van der Waals surface area contributed by atoms with Gasteiger partial charge in [-0.05, 0) is 55.8 Å². The fourth-order valence-corrected chi connectivity index (χ4v) is 6.00. The van der Waals surface area contributed by atoms with E-state index in [1.807, 2.05) is 40.8 Å². The normalized spacial score (nSPS) is 14.1. The summed E-state index contributed by atoms with van der Waals surface area (Å²) in [6, 6.07) is 13.6. The van der Waals surface area contributed by atoms with Crippen LogP contribution in [0, 0.1) is 0 Å². The van der Waals surface area contributed by atoms with Gasteiger partial charge in [-0.15, -0.1) is 11.3 Å². The van der Waals surface area contributed by atoms with Crippen molar-refractivity contribution in [1.29, 1.82) is 0 Å². The van der Waals surface area contributed by atoms with Crippen molar-refractivity contribution in [3.8, 4) is 0 Å². The summed E-state index contributed by atoms with van der Waals surface area (Å²) in [6.07, 6.45) is 7.66. The van der Waals surface area contributed by atoms with Crippen LogP contribution in [-0.2, 0) is 6.54 Å². The van der Waals surface area contributed by atoms with Gasteiger partial charge in [-0.3, -0.25) is 19.0 Å². The second-order valence-electron chi connectivity index (χ2n) is 9.03. The first-order chi connectivity index (χ1) is 17.7. The Morgan fingerprint density at radius 2 is 1.94 bits per heavy atom. The summed E-state index contributed by atoms with van der Waals surface area (Å²) in [7, 11) is 0. The molecule has 5 aromatic rings. The van der Waals surface area contributed by atoms with E-state index in [0.29, 0.717) is 34.6 Å². The lowest BCUT2D eigenvalue weighted by Gasteiger charge is -2.15. The molecule has 1 aliphatic rings. The van der Waals surface area contributed by atoms with Crippen LogP contribution in [0.15, 0.2) is 65.8 Å². The Bertz CT molecular complexity index is 1620. The van der Waals surface area contributed by atoms with Crippen LogP contribution in [0.4, 0.5) is 5.69 Å². The van der Waals surface area contributed by atoms with Gasteiger partial charge < -0.3 is 15.5 Å². The number of likely N-dealkylation sites (tertiary alicyclic amines) is 1. The smallest absolute Gasteiger partial charge is 0.258 e. The summed E-state index contributed by atoms with van der Waals surface area (Å²) in [5.74, 6) is -0.334. The lowest BCUT2D eigenvalue weighted by molar-refractivity contribution is 0.0950. The zero-order chi connectivity index (χ0) is 24.5. The van der Waals surface area contributed by atoms with Crippen molar-refractivity contribution in [1.82, 2.24) is 24.6 Å². The highest BCUT2D eigenvalue weighted by molar-refractivity contribution is 7.24. The maximum atomic E-state index is 13.8. The summed E-state index contributed by atoms with van der Waals surface area (Å²) in [6.45, 7) is 3.99. The van der Waals surface area contributed by atoms with Gasteiger partial charge in [0, 0.05) is 32.0 Å². The van der Waals surface area contributed by atoms with Crippen molar-refractivity contribution < 1.29 is 4.79 Å². The Hall–Kier alpha value is -3.82. The number of pyridine rings is 3. The lowest BCUT2D eigenvalue weighted by Crippen LogP contribution is -2.35. The molecule has 0 bridgehead atoms. The first-order valence-electron chi connectivity index (χ1n) is 12.2. The topological polar surface area (TPSA) is 91.6 Å². The first kappa shape index (κ1) is 22.6. The number of nitrogens with zero attached hydrogens (tertiary/aromatic N) is 4. The Labute approximate surface area is 211 Å². The third kappa shape index (κ3) is 4.20. The standard InChI is InChI=1S/C27H26N6O2S/c34-24-20-14-19(30-16-18-6-5-9-28-15-18)17-31-25(20)33-21-7-1-2-8-22(21)36-27(33)23(24)26(35)29-10-13-32-11-3-4-12-32/h1-2,5-9,14-15,17,30H,3-4,10-13,16H2,(H,29,35). The van der Waals surface area contributed by atoms with Crippen LogP contribution >= 0.6 is 11.3 Å². The van der Waals surface area contributed by atoms with Gasteiger partial charge in [-0.25, -0.2) is 4.98 Å². The molecule has 0 aliphatic carbocycles. The quantitative estimate of drug-likeness (QED) is 0.354. The number of hydrogen-bond donors (Lipinski definition) is 2. The maximum Gasteiger partial charge on any atom is 0.258 e. The highest BCUT2D eigenvalue weighted by Gasteiger charge is 2.23. The van der Waals surface area contributed by atoms with Crippen LogP contribution in [-0.4, -0.2) is 51.4 Å². The predicted octanol–water partition coefficient (Wildman–Crippen LogP) is 3.90. The monoisotopic (exact) mass is 498 g/mol. The molecule has 0 atom stereocenters. The maximum absolute atomic E-state index is 13.8. The van der Waals surface area contributed by atoms with E-state index in [4.69, 9.17) is 0 Å². The first-order valence-corrected chi connectivity index (χ1v) is 13.0. The van der Waals surface area contributed by atoms with Crippen LogP contribution in [0.25, 0.3) is 26.1 Å². The van der Waals surface area contributed by atoms with Crippen molar-refractivity contribution in [3.05, 3.63) is 82.4 Å². The zero-order valence-corrected chi connectivity index (χ0v) is 20.6. The summed E-state index contributed by atoms with van der Waals surface area (Å²) >= 11 is 1.45. The zero-order valence-electron chi connectivity index (χ0n) is 19.7. The molecule has 8 nitrogen and oxygen atoms in total. The summed E-state index contributed by atoms with van der Waals surface area (Å²) in [5.41, 5.74) is 3.09. The molecule has 182 valence electrons. The van der Waals surface area contributed by atoms with Crippen LogP contribution in [0.3, 0.4) is 0 Å². The van der Waals surface area contributed by atoms with Crippen LogP contribution < -0.4 is 16.1 Å². The Kier molecular flexibility index (Phi) is 6.08. The minimum atomic E-state index is -0.334. The third-order valence-corrected chi connectivity index (χ3v) is 7.78. The average Bonchev–Trinajstić information content (AvgIpc) is 3.56. The summed E-state index contributed by atoms with van der Waals surface area (Å²) < 4.78 is 2.94. The Balaban J connectivity index is 1.41. The number of rotatable bonds is 7. The van der Waals surface area contributed by atoms with Gasteiger partial charge in [0.1, 0.15) is 16.0 Å². The van der Waals surface area contributed by atoms with Crippen molar-refractivity contribution in [2.75, 3.05) is 31.5 Å². The molecule has 9 heteroatoms. The van der Waals surface area contributed by atoms with Crippen molar-refractivity contribution in [2.45, 2.75) is 19.4 Å². The molecule has 5 heterocycles. The summed E-state index contributed by atoms with van der Waals surface area (Å²) in [5, 5.41) is 6.73. The second-order valence-corrected chi connectivity index (χ2v) is 10.1. The molecular weight excluding hydrogens is 472 g/mol. The van der Waals surface area contributed by atoms with E-state index >= 15 is 0 Å². The Morgan fingerprint density at radius 3 is 2.78 bits per heavy atom. The van der Waals surface area contributed by atoms with Gasteiger partial charge in [0.2, 0.25) is 5.43 Å². The molecule has 1 fully saturated rings. The van der Waals surface area contributed by atoms with Crippen molar-refractivity contribution in [3.63, 3.8) is 0 Å². The number of nitrogens with one attached hydrogen (secondary N) is 2. The van der Waals surface area contributed by atoms with Gasteiger partial charge >= 0.3 is 0 Å². The molecule has 1 amide bonds. The molecule has 4 aromatic heterocycles. The van der Waals surface area contributed by atoms with Crippen molar-refractivity contribution >= 4 is 49.0 Å². The molecule has 1 aliphatic heterocycles. The van der Waals surface area contributed by atoms with Gasteiger partial charge in [-0.2, -0.15) is 0 Å². The van der Waals surface area contributed by atoms with Crippen LogP contribution in [0.1, 0.15) is 28.8 Å². The predicted molar refractivity (Wildman–Crippen MR) is 144 cm³/mol. The number of anilines is 1. The second kappa shape index (κ2) is 9.67. The SMILES string of the molecule is O=C(NCCN1CCCC1)c1c(=O)c2cc(NCc3cccnc3)cnc2n2c1sc1ccccc12. The molecule has 0 unspecified atom stereocenters. The number of carbonyl (C=O) groups excluding carboxylic acids is 1. The lowest BCUT2D eigenvalue weighted by atomic mass is 10.1. The van der Waals surface area contributed by atoms with Gasteiger partial charge in [0.25, 0.3) is 5.91 Å². The highest BCUT2D eigenvalue weighted by Crippen LogP contribution is 2.31. The van der Waals surface area contributed by atoms with E-state index < -0.39 is 0 Å². The molecule has 0 spiro atoms. The number of hydrogen-bond acceptors (Lipinski definition) is 7. The molecule has 6 rings (SSSR count). The van der Waals surface area contributed by atoms with Crippen LogP contribution in [0.2, 0.25) is 0 Å².